The van der Waals surface area contributed by atoms with Crippen molar-refractivity contribution in [2.75, 3.05) is 26.7 Å². The Kier molecular flexibility index (Phi) is 5.01. The number of H-pyrrole nitrogens is 1. The minimum atomic E-state index is -0.616. The molecule has 0 unspecified atom stereocenters. The molecule has 0 saturated carbocycles. The van der Waals surface area contributed by atoms with Crippen molar-refractivity contribution >= 4 is 22.7 Å². The Bertz CT molecular complexity index is 1050. The van der Waals surface area contributed by atoms with Gasteiger partial charge in [0.2, 0.25) is 5.91 Å². The van der Waals surface area contributed by atoms with Crippen molar-refractivity contribution in [2.45, 2.75) is 13.3 Å². The fourth-order valence-electron chi connectivity index (χ4n) is 4.05. The molecule has 4 rings (SSSR count). The van der Waals surface area contributed by atoms with Gasteiger partial charge >= 0.3 is 0 Å². The number of carbonyl (C=O) groups excluding carboxylic acids is 2. The van der Waals surface area contributed by atoms with E-state index in [9.17, 15) is 9.59 Å². The van der Waals surface area contributed by atoms with Gasteiger partial charge in [-0.3, -0.25) is 9.59 Å². The summed E-state index contributed by atoms with van der Waals surface area (Å²) in [5.41, 5.74) is 1.97. The van der Waals surface area contributed by atoms with Gasteiger partial charge in [0, 0.05) is 36.9 Å². The summed E-state index contributed by atoms with van der Waals surface area (Å²) in [6.45, 7) is 3.27. The van der Waals surface area contributed by atoms with Gasteiger partial charge in [0.1, 0.15) is 5.75 Å². The Balaban J connectivity index is 1.53. The minimum Gasteiger partial charge on any atom is -0.497 e. The minimum absolute atomic E-state index is 0.00769. The molecule has 1 aromatic heterocycles. The molecular formula is C23H25N3O3. The topological polar surface area (TPSA) is 74.4 Å². The van der Waals surface area contributed by atoms with E-state index in [1.54, 1.807) is 12.0 Å². The lowest BCUT2D eigenvalue weighted by Gasteiger charge is -2.49. The van der Waals surface area contributed by atoms with Crippen molar-refractivity contribution in [1.82, 2.24) is 15.2 Å². The van der Waals surface area contributed by atoms with Gasteiger partial charge in [0.05, 0.1) is 12.5 Å². The van der Waals surface area contributed by atoms with Crippen molar-refractivity contribution in [3.05, 3.63) is 65.9 Å². The average Bonchev–Trinajstić information content (AvgIpc) is 3.18. The van der Waals surface area contributed by atoms with Crippen molar-refractivity contribution in [3.8, 4) is 5.75 Å². The number of benzene rings is 2. The summed E-state index contributed by atoms with van der Waals surface area (Å²) < 4.78 is 5.31. The van der Waals surface area contributed by atoms with Gasteiger partial charge in [0.15, 0.2) is 0 Å². The maximum absolute atomic E-state index is 13.0. The molecule has 0 bridgehead atoms. The highest BCUT2D eigenvalue weighted by Crippen LogP contribution is 2.36. The van der Waals surface area contributed by atoms with Crippen LogP contribution in [0.4, 0.5) is 0 Å². The average molecular weight is 391 g/mol. The first-order chi connectivity index (χ1) is 14.0. The van der Waals surface area contributed by atoms with E-state index in [4.69, 9.17) is 4.74 Å². The normalized spacial score (nSPS) is 15.0. The number of ether oxygens (including phenoxy) is 1. The molecule has 1 saturated heterocycles. The fraction of sp³-hybridized carbons (Fsp3) is 0.304. The molecule has 0 spiro atoms. The molecule has 1 fully saturated rings. The van der Waals surface area contributed by atoms with Gasteiger partial charge in [-0.1, -0.05) is 18.2 Å². The molecule has 2 N–H and O–H groups in total. The van der Waals surface area contributed by atoms with E-state index in [-0.39, 0.29) is 11.8 Å². The van der Waals surface area contributed by atoms with Crippen LogP contribution in [0.5, 0.6) is 5.75 Å². The van der Waals surface area contributed by atoms with Gasteiger partial charge < -0.3 is 19.9 Å². The van der Waals surface area contributed by atoms with Crippen molar-refractivity contribution in [1.29, 1.82) is 0 Å². The highest BCUT2D eigenvalue weighted by Gasteiger charge is 2.50. The number of hydrogen-bond donors (Lipinski definition) is 2. The molecule has 6 nitrogen and oxygen atoms in total. The van der Waals surface area contributed by atoms with Crippen LogP contribution in [0.3, 0.4) is 0 Å². The second-order valence-electron chi connectivity index (χ2n) is 7.61. The van der Waals surface area contributed by atoms with Crippen molar-refractivity contribution < 1.29 is 14.3 Å². The lowest BCUT2D eigenvalue weighted by atomic mass is 9.73. The van der Waals surface area contributed by atoms with Crippen LogP contribution in [-0.4, -0.2) is 48.4 Å². The van der Waals surface area contributed by atoms with Crippen LogP contribution in [0.25, 0.3) is 10.9 Å². The number of nitrogens with zero attached hydrogens (tertiary/aromatic N) is 1. The first-order valence-corrected chi connectivity index (χ1v) is 9.82. The Morgan fingerprint density at radius 3 is 2.76 bits per heavy atom. The highest BCUT2D eigenvalue weighted by atomic mass is 16.5. The predicted molar refractivity (Wildman–Crippen MR) is 112 cm³/mol. The Hall–Kier alpha value is -3.28. The van der Waals surface area contributed by atoms with Crippen molar-refractivity contribution in [3.63, 3.8) is 0 Å². The number of hydrogen-bond acceptors (Lipinski definition) is 3. The van der Waals surface area contributed by atoms with E-state index in [1.807, 2.05) is 61.7 Å². The van der Waals surface area contributed by atoms with Crippen LogP contribution >= 0.6 is 0 Å². The zero-order valence-corrected chi connectivity index (χ0v) is 16.7. The first kappa shape index (κ1) is 19.1. The third-order valence-corrected chi connectivity index (χ3v) is 5.57. The molecule has 3 aromatic rings. The van der Waals surface area contributed by atoms with Gasteiger partial charge in [-0.2, -0.15) is 0 Å². The largest absolute Gasteiger partial charge is 0.497 e. The number of nitrogens with one attached hydrogen (secondary N) is 2. The summed E-state index contributed by atoms with van der Waals surface area (Å²) in [7, 11) is 1.63. The van der Waals surface area contributed by atoms with E-state index in [1.165, 1.54) is 0 Å². The van der Waals surface area contributed by atoms with Crippen LogP contribution in [0, 0.1) is 5.41 Å². The molecule has 6 heteroatoms. The lowest BCUT2D eigenvalue weighted by molar-refractivity contribution is -0.139. The van der Waals surface area contributed by atoms with Gasteiger partial charge in [-0.25, -0.2) is 0 Å². The SMILES string of the molecule is CCNC(=O)C1(Cc2cccc(OC)c2)CN(C(=O)c2ccc3cc[nH]c3c2)C1. The quantitative estimate of drug-likeness (QED) is 0.678. The summed E-state index contributed by atoms with van der Waals surface area (Å²) in [5, 5.41) is 4.01. The third-order valence-electron chi connectivity index (χ3n) is 5.57. The van der Waals surface area contributed by atoms with E-state index in [2.05, 4.69) is 10.3 Å². The zero-order chi connectivity index (χ0) is 20.4. The Morgan fingerprint density at radius 2 is 2.00 bits per heavy atom. The molecular weight excluding hydrogens is 366 g/mol. The third kappa shape index (κ3) is 3.58. The highest BCUT2D eigenvalue weighted by molar-refractivity contribution is 5.99. The number of likely N-dealkylation sites (tertiary alicyclic amines) is 1. The maximum atomic E-state index is 13.0. The number of amides is 2. The molecule has 1 aliphatic heterocycles. The van der Waals surface area contributed by atoms with Crippen LogP contribution in [0.15, 0.2) is 54.7 Å². The van der Waals surface area contributed by atoms with Gasteiger partial charge in [-0.05, 0) is 54.6 Å². The first-order valence-electron chi connectivity index (χ1n) is 9.82. The van der Waals surface area contributed by atoms with Crippen LogP contribution < -0.4 is 10.1 Å². The number of aromatic nitrogens is 1. The standard InChI is InChI=1S/C23H25N3O3/c1-3-24-22(28)23(13-16-5-4-6-19(11-16)29-2)14-26(15-23)21(27)18-8-7-17-9-10-25-20(17)12-18/h4-12,25H,3,13-15H2,1-2H3,(H,24,28). The molecule has 2 amide bonds. The van der Waals surface area contributed by atoms with E-state index >= 15 is 0 Å². The molecule has 1 aliphatic rings. The summed E-state index contributed by atoms with van der Waals surface area (Å²) in [6, 6.07) is 15.4. The Morgan fingerprint density at radius 1 is 1.17 bits per heavy atom. The molecule has 2 aromatic carbocycles. The fourth-order valence-corrected chi connectivity index (χ4v) is 4.05. The Labute approximate surface area is 169 Å². The summed E-state index contributed by atoms with van der Waals surface area (Å²) in [4.78, 5) is 30.7. The van der Waals surface area contributed by atoms with Gasteiger partial charge in [-0.15, -0.1) is 0 Å². The van der Waals surface area contributed by atoms with Crippen molar-refractivity contribution in [2.24, 2.45) is 5.41 Å². The maximum Gasteiger partial charge on any atom is 0.253 e. The second kappa shape index (κ2) is 7.62. The summed E-state index contributed by atoms with van der Waals surface area (Å²) in [5.74, 6) is 0.707. The number of rotatable bonds is 6. The van der Waals surface area contributed by atoms with Crippen LogP contribution in [-0.2, 0) is 11.2 Å². The van der Waals surface area contributed by atoms with E-state index < -0.39 is 5.41 Å². The number of carbonyl (C=O) groups is 2. The molecule has 150 valence electrons. The second-order valence-corrected chi connectivity index (χ2v) is 7.61. The molecule has 0 aliphatic carbocycles. The number of methoxy groups -OCH3 is 1. The van der Waals surface area contributed by atoms with Crippen LogP contribution in [0.2, 0.25) is 0 Å². The van der Waals surface area contributed by atoms with Gasteiger partial charge in [0.25, 0.3) is 5.91 Å². The van der Waals surface area contributed by atoms with E-state index in [0.717, 1.165) is 22.2 Å². The summed E-state index contributed by atoms with van der Waals surface area (Å²) in [6.07, 6.45) is 2.42. The zero-order valence-electron chi connectivity index (χ0n) is 16.7. The predicted octanol–water partition coefficient (Wildman–Crippen LogP) is 3.00. The molecule has 0 radical (unpaired) electrons. The molecule has 2 heterocycles. The smallest absolute Gasteiger partial charge is 0.253 e. The number of aromatic amines is 1. The summed E-state index contributed by atoms with van der Waals surface area (Å²) >= 11 is 0. The van der Waals surface area contributed by atoms with Crippen LogP contribution in [0.1, 0.15) is 22.8 Å². The lowest BCUT2D eigenvalue weighted by Crippen LogP contribution is -2.65. The number of fused-ring (bicyclic) bond motifs is 1. The monoisotopic (exact) mass is 391 g/mol. The molecule has 0 atom stereocenters. The van der Waals surface area contributed by atoms with E-state index in [0.29, 0.717) is 31.6 Å². The molecule has 29 heavy (non-hydrogen) atoms.